The summed E-state index contributed by atoms with van der Waals surface area (Å²) in [7, 11) is -4.03. The number of esters is 1. The van der Waals surface area contributed by atoms with E-state index >= 15 is 0 Å². The van der Waals surface area contributed by atoms with E-state index in [0.29, 0.717) is 0 Å². The van der Waals surface area contributed by atoms with Crippen LogP contribution in [0.15, 0.2) is 59.5 Å². The highest BCUT2D eigenvalue weighted by molar-refractivity contribution is 7.89. The number of carbonyl (C=O) groups is 1. The molecule has 0 spiro atoms. The van der Waals surface area contributed by atoms with Gasteiger partial charge in [-0.2, -0.15) is 0 Å². The molecule has 0 saturated heterocycles. The van der Waals surface area contributed by atoms with Crippen LogP contribution in [-0.2, 0) is 14.8 Å². The minimum atomic E-state index is -4.03. The third kappa shape index (κ3) is 4.73. The average Bonchev–Trinajstić information content (AvgIpc) is 2.51. The molecule has 120 valence electrons. The lowest BCUT2D eigenvalue weighted by molar-refractivity contribution is 0.0544. The Balaban J connectivity index is 2.05. The van der Waals surface area contributed by atoms with Crippen molar-refractivity contribution in [1.82, 2.24) is 0 Å². The van der Waals surface area contributed by atoms with E-state index in [1.807, 2.05) is 30.3 Å². The van der Waals surface area contributed by atoms with Gasteiger partial charge in [-0.3, -0.25) is 0 Å². The van der Waals surface area contributed by atoms with Crippen molar-refractivity contribution in [3.8, 4) is 0 Å². The summed E-state index contributed by atoms with van der Waals surface area (Å²) in [5.74, 6) is -1.85. The van der Waals surface area contributed by atoms with Crippen LogP contribution in [0.25, 0.3) is 6.08 Å². The van der Waals surface area contributed by atoms with Gasteiger partial charge in [-0.25, -0.2) is 22.7 Å². The van der Waals surface area contributed by atoms with Crippen LogP contribution in [0.2, 0.25) is 0 Å². The van der Waals surface area contributed by atoms with Crippen LogP contribution in [0.1, 0.15) is 15.9 Å². The molecule has 5 nitrogen and oxygen atoms in total. The smallest absolute Gasteiger partial charge is 0.341 e. The van der Waals surface area contributed by atoms with Crippen LogP contribution in [0.4, 0.5) is 4.39 Å². The molecule has 2 rings (SSSR count). The SMILES string of the molecule is NS(=O)(=O)c1ccc(F)c(C(=O)OC/C=C/c2ccccc2)c1. The van der Waals surface area contributed by atoms with Crippen LogP contribution in [0, 0.1) is 5.82 Å². The Morgan fingerprint density at radius 2 is 1.87 bits per heavy atom. The average molecular weight is 335 g/mol. The number of nitrogens with two attached hydrogens (primary N) is 1. The van der Waals surface area contributed by atoms with Crippen molar-refractivity contribution in [2.45, 2.75) is 4.90 Å². The van der Waals surface area contributed by atoms with Crippen LogP contribution in [0.5, 0.6) is 0 Å². The lowest BCUT2D eigenvalue weighted by atomic mass is 10.2. The molecule has 0 aliphatic heterocycles. The zero-order valence-corrected chi connectivity index (χ0v) is 12.8. The van der Waals surface area contributed by atoms with Crippen molar-refractivity contribution in [3.63, 3.8) is 0 Å². The van der Waals surface area contributed by atoms with E-state index in [1.165, 1.54) is 0 Å². The fraction of sp³-hybridized carbons (Fsp3) is 0.0625. The summed E-state index contributed by atoms with van der Waals surface area (Å²) in [5, 5.41) is 4.95. The maximum Gasteiger partial charge on any atom is 0.341 e. The summed E-state index contributed by atoms with van der Waals surface area (Å²) in [4.78, 5) is 11.5. The number of hydrogen-bond donors (Lipinski definition) is 1. The number of primary sulfonamides is 1. The van der Waals surface area contributed by atoms with Gasteiger partial charge in [0, 0.05) is 0 Å². The van der Waals surface area contributed by atoms with E-state index in [9.17, 15) is 17.6 Å². The van der Waals surface area contributed by atoms with Crippen molar-refractivity contribution >= 4 is 22.1 Å². The molecule has 0 radical (unpaired) electrons. The van der Waals surface area contributed by atoms with Crippen LogP contribution in [-0.4, -0.2) is 21.0 Å². The molecule has 23 heavy (non-hydrogen) atoms. The Hall–Kier alpha value is -2.51. The number of carbonyl (C=O) groups excluding carboxylic acids is 1. The Labute approximate surface area is 133 Å². The molecule has 2 aromatic rings. The second kappa shape index (κ2) is 7.17. The van der Waals surface area contributed by atoms with Crippen molar-refractivity contribution < 1.29 is 22.3 Å². The second-order valence-electron chi connectivity index (χ2n) is 4.60. The maximum absolute atomic E-state index is 13.6. The molecule has 2 N–H and O–H groups in total. The molecular weight excluding hydrogens is 321 g/mol. The summed E-state index contributed by atoms with van der Waals surface area (Å²) in [5.41, 5.74) is 0.440. The molecule has 0 atom stereocenters. The molecule has 2 aromatic carbocycles. The highest BCUT2D eigenvalue weighted by Gasteiger charge is 2.17. The largest absolute Gasteiger partial charge is 0.458 e. The first-order chi connectivity index (χ1) is 10.9. The summed E-state index contributed by atoms with van der Waals surface area (Å²) in [6, 6.07) is 12.0. The molecule has 0 saturated carbocycles. The van der Waals surface area contributed by atoms with Gasteiger partial charge in [0.05, 0.1) is 10.5 Å². The zero-order valence-electron chi connectivity index (χ0n) is 12.0. The second-order valence-corrected chi connectivity index (χ2v) is 6.16. The van der Waals surface area contributed by atoms with Gasteiger partial charge < -0.3 is 4.74 Å². The monoisotopic (exact) mass is 335 g/mol. The number of hydrogen-bond acceptors (Lipinski definition) is 4. The molecule has 0 bridgehead atoms. The van der Waals surface area contributed by atoms with E-state index < -0.39 is 27.4 Å². The molecule has 0 amide bonds. The summed E-state index contributed by atoms with van der Waals surface area (Å²) in [6.07, 6.45) is 3.33. The number of benzene rings is 2. The standard InChI is InChI=1S/C16H14FNO4S/c17-15-9-8-13(23(18,20)21)11-14(15)16(19)22-10-4-7-12-5-2-1-3-6-12/h1-9,11H,10H2,(H2,18,20,21)/b7-4+. The first-order valence-corrected chi connectivity index (χ1v) is 8.13. The molecule has 0 unspecified atom stereocenters. The van der Waals surface area contributed by atoms with Crippen molar-refractivity contribution in [2.75, 3.05) is 6.61 Å². The van der Waals surface area contributed by atoms with Crippen LogP contribution >= 0.6 is 0 Å². The summed E-state index contributed by atoms with van der Waals surface area (Å²) >= 11 is 0. The first-order valence-electron chi connectivity index (χ1n) is 6.59. The van der Waals surface area contributed by atoms with E-state index in [0.717, 1.165) is 23.8 Å². The number of rotatable bonds is 5. The highest BCUT2D eigenvalue weighted by Crippen LogP contribution is 2.15. The van der Waals surface area contributed by atoms with E-state index in [1.54, 1.807) is 12.2 Å². The minimum absolute atomic E-state index is 0.0766. The molecular formula is C16H14FNO4S. The lowest BCUT2D eigenvalue weighted by Crippen LogP contribution is -2.14. The van der Waals surface area contributed by atoms with Gasteiger partial charge in [0.2, 0.25) is 10.0 Å². The van der Waals surface area contributed by atoms with Gasteiger partial charge >= 0.3 is 5.97 Å². The van der Waals surface area contributed by atoms with Gasteiger partial charge in [-0.15, -0.1) is 0 Å². The normalized spacial score (nSPS) is 11.6. The Kier molecular flexibility index (Phi) is 5.25. The van der Waals surface area contributed by atoms with Gasteiger partial charge in [-0.05, 0) is 29.8 Å². The van der Waals surface area contributed by atoms with Crippen molar-refractivity contribution in [3.05, 3.63) is 71.6 Å². The summed E-state index contributed by atoms with van der Waals surface area (Å²) in [6.45, 7) is -0.0766. The third-order valence-corrected chi connectivity index (χ3v) is 3.82. The fourth-order valence-corrected chi connectivity index (χ4v) is 2.33. The molecule has 0 aliphatic rings. The zero-order chi connectivity index (χ0) is 16.9. The molecule has 0 fully saturated rings. The quantitative estimate of drug-likeness (QED) is 0.850. The molecule has 0 heterocycles. The van der Waals surface area contributed by atoms with Gasteiger partial charge in [0.15, 0.2) is 0 Å². The van der Waals surface area contributed by atoms with Gasteiger partial charge in [0.1, 0.15) is 12.4 Å². The Morgan fingerprint density at radius 1 is 1.17 bits per heavy atom. The number of halogens is 1. The topological polar surface area (TPSA) is 86.5 Å². The van der Waals surface area contributed by atoms with E-state index in [4.69, 9.17) is 9.88 Å². The molecule has 7 heteroatoms. The molecule has 0 aromatic heterocycles. The third-order valence-electron chi connectivity index (χ3n) is 2.91. The predicted molar refractivity (Wildman–Crippen MR) is 83.5 cm³/mol. The van der Waals surface area contributed by atoms with Crippen LogP contribution < -0.4 is 5.14 Å². The molecule has 0 aliphatic carbocycles. The number of ether oxygens (including phenoxy) is 1. The minimum Gasteiger partial charge on any atom is -0.458 e. The van der Waals surface area contributed by atoms with E-state index in [-0.39, 0.29) is 11.5 Å². The van der Waals surface area contributed by atoms with E-state index in [2.05, 4.69) is 0 Å². The van der Waals surface area contributed by atoms with Crippen LogP contribution in [0.3, 0.4) is 0 Å². The first kappa shape index (κ1) is 16.9. The number of sulfonamides is 1. The maximum atomic E-state index is 13.6. The Bertz CT molecular complexity index is 832. The van der Waals surface area contributed by atoms with Crippen molar-refractivity contribution in [1.29, 1.82) is 0 Å². The van der Waals surface area contributed by atoms with Crippen molar-refractivity contribution in [2.24, 2.45) is 5.14 Å². The highest BCUT2D eigenvalue weighted by atomic mass is 32.2. The van der Waals surface area contributed by atoms with Gasteiger partial charge in [0.25, 0.3) is 0 Å². The van der Waals surface area contributed by atoms with Gasteiger partial charge in [-0.1, -0.05) is 36.4 Å². The fourth-order valence-electron chi connectivity index (χ4n) is 1.79. The predicted octanol–water partition coefficient (Wildman–Crippen LogP) is 2.34. The lowest BCUT2D eigenvalue weighted by Gasteiger charge is -2.05. The Morgan fingerprint density at radius 3 is 2.52 bits per heavy atom. The summed E-state index contributed by atoms with van der Waals surface area (Å²) < 4.78 is 41.0.